The molecule has 0 amide bonds. The zero-order valence-corrected chi connectivity index (χ0v) is 23.3. The van der Waals surface area contributed by atoms with Gasteiger partial charge in [-0.2, -0.15) is 9.78 Å². The first kappa shape index (κ1) is 28.3. The number of carbonyl (C=O) groups is 1. The van der Waals surface area contributed by atoms with Crippen LogP contribution in [0.1, 0.15) is 19.4 Å². The normalized spacial score (nSPS) is 11.5. The number of nitro benzene ring substituents is 1. The first-order valence-corrected chi connectivity index (χ1v) is 13.0. The highest BCUT2D eigenvalue weighted by Gasteiger charge is 2.23. The van der Waals surface area contributed by atoms with E-state index in [9.17, 15) is 19.7 Å². The van der Waals surface area contributed by atoms with E-state index in [-0.39, 0.29) is 34.0 Å². The zero-order valence-electron chi connectivity index (χ0n) is 22.6. The summed E-state index contributed by atoms with van der Waals surface area (Å²) in [4.78, 5) is 41.2. The Bertz CT molecular complexity index is 1930. The van der Waals surface area contributed by atoms with Gasteiger partial charge in [0.15, 0.2) is 12.4 Å². The van der Waals surface area contributed by atoms with Gasteiger partial charge in [0.1, 0.15) is 11.3 Å². The molecule has 3 aromatic carbocycles. The number of aromatic nitrogens is 2. The van der Waals surface area contributed by atoms with E-state index in [0.717, 1.165) is 10.7 Å². The summed E-state index contributed by atoms with van der Waals surface area (Å²) in [6.45, 7) is 2.75. The van der Waals surface area contributed by atoms with Crippen molar-refractivity contribution >= 4 is 51.3 Å². The number of nitrogens with zero attached hydrogens (tertiary/aromatic N) is 4. The minimum Gasteiger partial charge on any atom is -0.496 e. The van der Waals surface area contributed by atoms with Gasteiger partial charge in [-0.1, -0.05) is 29.8 Å². The molecule has 5 rings (SSSR count). The first-order valence-electron chi connectivity index (χ1n) is 12.6. The van der Waals surface area contributed by atoms with Gasteiger partial charge in [-0.15, -0.1) is 0 Å². The average molecular weight is 591 g/mol. The number of ether oxygens (including phenoxy) is 3. The Hall–Kier alpha value is -5.23. The molecule has 214 valence electrons. The maximum Gasteiger partial charge on any atom is 0.344 e. The molecule has 0 spiro atoms. The minimum atomic E-state index is -0.708. The molecule has 0 atom stereocenters. The topological polar surface area (TPSA) is 148 Å². The van der Waals surface area contributed by atoms with E-state index in [1.165, 1.54) is 19.4 Å². The number of carbonyl (C=O) groups excluding carboxylic acids is 1. The number of benzene rings is 3. The standard InChI is InChI=1S/C29H23ClN4O8/c1-16(2)41-26(35)15-40-27-20(30)11-17(12-22(27)34(37)38)14-31-33-28(32-21-8-5-4-7-18(21)29(33)36)25-13-19-23(39-3)9-6-10-24(19)42-25/h4-14,16H,15H2,1-3H3. The Morgan fingerprint density at radius 1 is 1.17 bits per heavy atom. The number of furan rings is 1. The van der Waals surface area contributed by atoms with E-state index in [1.807, 2.05) is 0 Å². The predicted molar refractivity (Wildman–Crippen MR) is 156 cm³/mol. The van der Waals surface area contributed by atoms with E-state index >= 15 is 0 Å². The molecule has 0 N–H and O–H groups in total. The summed E-state index contributed by atoms with van der Waals surface area (Å²) in [5.41, 5.74) is 0.115. The number of rotatable bonds is 9. The fraction of sp³-hybridized carbons (Fsp3) is 0.172. The zero-order chi connectivity index (χ0) is 30.0. The van der Waals surface area contributed by atoms with Crippen LogP contribution in [0.3, 0.4) is 0 Å². The smallest absolute Gasteiger partial charge is 0.344 e. The molecule has 0 aliphatic heterocycles. The van der Waals surface area contributed by atoms with Crippen LogP contribution in [0.2, 0.25) is 5.02 Å². The molecule has 0 saturated heterocycles. The number of fused-ring (bicyclic) bond motifs is 2. The average Bonchev–Trinajstić information content (AvgIpc) is 3.40. The van der Waals surface area contributed by atoms with Crippen LogP contribution in [0.15, 0.2) is 75.0 Å². The third-order valence-electron chi connectivity index (χ3n) is 5.98. The van der Waals surface area contributed by atoms with Gasteiger partial charge in [-0.25, -0.2) is 9.78 Å². The van der Waals surface area contributed by atoms with Crippen molar-refractivity contribution in [1.82, 2.24) is 9.66 Å². The van der Waals surface area contributed by atoms with E-state index in [1.54, 1.807) is 62.4 Å². The van der Waals surface area contributed by atoms with Crippen molar-refractivity contribution in [3.05, 3.63) is 91.7 Å². The van der Waals surface area contributed by atoms with Crippen LogP contribution in [0.4, 0.5) is 5.69 Å². The lowest BCUT2D eigenvalue weighted by Gasteiger charge is -2.11. The van der Waals surface area contributed by atoms with Crippen molar-refractivity contribution in [1.29, 1.82) is 0 Å². The fourth-order valence-corrected chi connectivity index (χ4v) is 4.49. The summed E-state index contributed by atoms with van der Waals surface area (Å²) in [5.74, 6) is -0.101. The van der Waals surface area contributed by atoms with Crippen molar-refractivity contribution in [2.75, 3.05) is 13.7 Å². The molecule has 0 aliphatic carbocycles. The van der Waals surface area contributed by atoms with Crippen molar-refractivity contribution < 1.29 is 28.3 Å². The number of para-hydroxylation sites is 1. The number of esters is 1. The summed E-state index contributed by atoms with van der Waals surface area (Å²) in [5, 5.41) is 17.0. The number of hydrogen-bond acceptors (Lipinski definition) is 10. The summed E-state index contributed by atoms with van der Waals surface area (Å²) in [6, 6.07) is 16.2. The number of nitro groups is 1. The summed E-state index contributed by atoms with van der Waals surface area (Å²) in [7, 11) is 1.54. The molecule has 0 bridgehead atoms. The van der Waals surface area contributed by atoms with Crippen LogP contribution >= 0.6 is 11.6 Å². The lowest BCUT2D eigenvalue weighted by molar-refractivity contribution is -0.385. The number of methoxy groups -OCH3 is 1. The molecule has 13 heteroatoms. The second-order valence-electron chi connectivity index (χ2n) is 9.23. The van der Waals surface area contributed by atoms with Crippen LogP contribution < -0.4 is 15.0 Å². The molecule has 0 unspecified atom stereocenters. The highest BCUT2D eigenvalue weighted by molar-refractivity contribution is 6.32. The van der Waals surface area contributed by atoms with Gasteiger partial charge >= 0.3 is 11.7 Å². The van der Waals surface area contributed by atoms with Crippen molar-refractivity contribution in [3.63, 3.8) is 0 Å². The van der Waals surface area contributed by atoms with Gasteiger partial charge in [0.05, 0.1) is 45.7 Å². The Morgan fingerprint density at radius 2 is 1.95 bits per heavy atom. The summed E-state index contributed by atoms with van der Waals surface area (Å²) in [6.07, 6.45) is 0.838. The second kappa shape index (κ2) is 11.7. The SMILES string of the molecule is COc1cccc2oc(-c3nc4ccccc4c(=O)n3N=Cc3cc(Cl)c(OCC(=O)OC(C)C)c([N+](=O)[O-])c3)cc12. The van der Waals surface area contributed by atoms with Crippen LogP contribution in [0.25, 0.3) is 33.5 Å². The van der Waals surface area contributed by atoms with Crippen molar-refractivity contribution in [2.45, 2.75) is 20.0 Å². The molecule has 2 heterocycles. The molecule has 0 radical (unpaired) electrons. The van der Waals surface area contributed by atoms with Gasteiger partial charge in [-0.3, -0.25) is 14.9 Å². The Kier molecular flexibility index (Phi) is 7.89. The van der Waals surface area contributed by atoms with Gasteiger partial charge in [0.2, 0.25) is 11.6 Å². The van der Waals surface area contributed by atoms with Crippen molar-refractivity contribution in [2.24, 2.45) is 5.10 Å². The fourth-order valence-electron chi connectivity index (χ4n) is 4.22. The van der Waals surface area contributed by atoms with E-state index in [4.69, 9.17) is 30.2 Å². The lowest BCUT2D eigenvalue weighted by Crippen LogP contribution is -2.20. The molecule has 0 saturated carbocycles. The van der Waals surface area contributed by atoms with E-state index in [2.05, 4.69) is 10.1 Å². The van der Waals surface area contributed by atoms with Crippen molar-refractivity contribution in [3.8, 4) is 23.1 Å². The molecule has 2 aromatic heterocycles. The van der Waals surface area contributed by atoms with Crippen LogP contribution in [-0.2, 0) is 9.53 Å². The molecule has 12 nitrogen and oxygen atoms in total. The Morgan fingerprint density at radius 3 is 2.69 bits per heavy atom. The minimum absolute atomic E-state index is 0.0948. The Labute approximate surface area is 242 Å². The molecular formula is C29H23ClN4O8. The molecule has 5 aromatic rings. The molecule has 42 heavy (non-hydrogen) atoms. The lowest BCUT2D eigenvalue weighted by atomic mass is 10.2. The highest BCUT2D eigenvalue weighted by Crippen LogP contribution is 2.36. The number of halogens is 1. The maximum absolute atomic E-state index is 13.5. The van der Waals surface area contributed by atoms with Crippen LogP contribution in [0.5, 0.6) is 11.5 Å². The quantitative estimate of drug-likeness (QED) is 0.0926. The molecule has 0 aliphatic rings. The monoisotopic (exact) mass is 590 g/mol. The van der Waals surface area contributed by atoms with Gasteiger partial charge in [0.25, 0.3) is 5.56 Å². The van der Waals surface area contributed by atoms with E-state index in [0.29, 0.717) is 27.6 Å². The van der Waals surface area contributed by atoms with Crippen LogP contribution in [0, 0.1) is 10.1 Å². The highest BCUT2D eigenvalue weighted by atomic mass is 35.5. The number of hydrogen-bond donors (Lipinski definition) is 0. The van der Waals surface area contributed by atoms with E-state index < -0.39 is 28.7 Å². The Balaban J connectivity index is 1.59. The first-order chi connectivity index (χ1) is 20.2. The molecule has 0 fully saturated rings. The van der Waals surface area contributed by atoms with Gasteiger partial charge < -0.3 is 18.6 Å². The second-order valence-corrected chi connectivity index (χ2v) is 9.64. The largest absolute Gasteiger partial charge is 0.496 e. The summed E-state index contributed by atoms with van der Waals surface area (Å²) >= 11 is 6.31. The van der Waals surface area contributed by atoms with Gasteiger partial charge in [0, 0.05) is 11.6 Å². The van der Waals surface area contributed by atoms with Gasteiger partial charge in [-0.05, 0) is 50.2 Å². The summed E-state index contributed by atoms with van der Waals surface area (Å²) < 4.78 is 22.8. The van der Waals surface area contributed by atoms with Crippen LogP contribution in [-0.4, -0.2) is 46.6 Å². The third-order valence-corrected chi connectivity index (χ3v) is 6.26. The molecular weight excluding hydrogens is 568 g/mol. The third kappa shape index (κ3) is 5.65. The maximum atomic E-state index is 13.5. The predicted octanol–water partition coefficient (Wildman–Crippen LogP) is 5.59.